The van der Waals surface area contributed by atoms with E-state index in [1.807, 2.05) is 16.7 Å². The van der Waals surface area contributed by atoms with Crippen molar-refractivity contribution in [2.75, 3.05) is 32.6 Å². The standard InChI is InChI=1S/C17H33NO2S/c1-14(21-5)15(8-6-7-9-17(2,3)4)16(19)18-10-12-20-13-11-18/h14-15H,6-13H2,1-5H3. The third-order valence-corrected chi connectivity index (χ3v) is 5.34. The number of amides is 1. The maximum absolute atomic E-state index is 12.7. The van der Waals surface area contributed by atoms with Crippen LogP contribution in [0.25, 0.3) is 0 Å². The number of carbonyl (C=O) groups excluding carboxylic acids is 1. The van der Waals surface area contributed by atoms with E-state index in [-0.39, 0.29) is 5.92 Å². The molecule has 2 unspecified atom stereocenters. The van der Waals surface area contributed by atoms with Gasteiger partial charge in [-0.15, -0.1) is 0 Å². The smallest absolute Gasteiger partial charge is 0.226 e. The Bertz CT molecular complexity index is 308. The Balaban J connectivity index is 2.48. The molecule has 1 aliphatic rings. The van der Waals surface area contributed by atoms with Crippen LogP contribution in [0.5, 0.6) is 0 Å². The number of thioether (sulfide) groups is 1. The van der Waals surface area contributed by atoms with Crippen molar-refractivity contribution in [3.8, 4) is 0 Å². The van der Waals surface area contributed by atoms with Crippen LogP contribution >= 0.6 is 11.8 Å². The summed E-state index contributed by atoms with van der Waals surface area (Å²) in [6, 6.07) is 0. The van der Waals surface area contributed by atoms with Crippen LogP contribution in [0, 0.1) is 11.3 Å². The SMILES string of the molecule is CSC(C)C(CCCCC(C)(C)C)C(=O)N1CCOCC1. The molecule has 1 amide bonds. The monoisotopic (exact) mass is 315 g/mol. The van der Waals surface area contributed by atoms with E-state index in [4.69, 9.17) is 4.74 Å². The van der Waals surface area contributed by atoms with Crippen LogP contribution in [0.1, 0.15) is 53.4 Å². The first-order valence-electron chi connectivity index (χ1n) is 8.24. The van der Waals surface area contributed by atoms with Gasteiger partial charge < -0.3 is 9.64 Å². The Morgan fingerprint density at radius 3 is 2.38 bits per heavy atom. The molecule has 0 aliphatic carbocycles. The van der Waals surface area contributed by atoms with E-state index in [0.29, 0.717) is 29.8 Å². The summed E-state index contributed by atoms with van der Waals surface area (Å²) in [6.07, 6.45) is 6.74. The number of rotatable bonds is 7. The summed E-state index contributed by atoms with van der Waals surface area (Å²) in [5, 5.41) is 0.398. The molecule has 0 radical (unpaired) electrons. The number of ether oxygens (including phenoxy) is 1. The van der Waals surface area contributed by atoms with Gasteiger partial charge in [0.25, 0.3) is 0 Å². The van der Waals surface area contributed by atoms with E-state index >= 15 is 0 Å². The molecule has 124 valence electrons. The average molecular weight is 316 g/mol. The van der Waals surface area contributed by atoms with Gasteiger partial charge in [0.1, 0.15) is 0 Å². The van der Waals surface area contributed by atoms with Crippen molar-refractivity contribution in [2.24, 2.45) is 11.3 Å². The summed E-state index contributed by atoms with van der Waals surface area (Å²) in [4.78, 5) is 14.8. The first-order valence-corrected chi connectivity index (χ1v) is 9.53. The zero-order valence-electron chi connectivity index (χ0n) is 14.5. The number of unbranched alkanes of at least 4 members (excludes halogenated alkanes) is 1. The van der Waals surface area contributed by atoms with E-state index in [1.54, 1.807) is 0 Å². The van der Waals surface area contributed by atoms with Gasteiger partial charge in [-0.25, -0.2) is 0 Å². The highest BCUT2D eigenvalue weighted by Gasteiger charge is 2.29. The Labute approximate surface area is 135 Å². The predicted molar refractivity (Wildman–Crippen MR) is 91.8 cm³/mol. The van der Waals surface area contributed by atoms with Gasteiger partial charge in [-0.1, -0.05) is 40.5 Å². The van der Waals surface area contributed by atoms with E-state index < -0.39 is 0 Å². The molecule has 1 fully saturated rings. The molecule has 1 heterocycles. The van der Waals surface area contributed by atoms with Gasteiger partial charge in [0.2, 0.25) is 5.91 Å². The van der Waals surface area contributed by atoms with Crippen molar-refractivity contribution < 1.29 is 9.53 Å². The topological polar surface area (TPSA) is 29.5 Å². The molecule has 4 heteroatoms. The molecule has 0 bridgehead atoms. The maximum atomic E-state index is 12.7. The van der Waals surface area contributed by atoms with Crippen molar-refractivity contribution in [1.29, 1.82) is 0 Å². The van der Waals surface area contributed by atoms with Gasteiger partial charge in [-0.05, 0) is 24.5 Å². The van der Waals surface area contributed by atoms with E-state index in [9.17, 15) is 4.79 Å². The molecule has 0 aromatic carbocycles. The first-order chi connectivity index (χ1) is 9.85. The number of morpholine rings is 1. The zero-order valence-corrected chi connectivity index (χ0v) is 15.3. The largest absolute Gasteiger partial charge is 0.378 e. The third-order valence-electron chi connectivity index (χ3n) is 4.27. The van der Waals surface area contributed by atoms with Gasteiger partial charge >= 0.3 is 0 Å². The predicted octanol–water partition coefficient (Wildman–Crippen LogP) is 3.82. The molecule has 3 nitrogen and oxygen atoms in total. The van der Waals surface area contributed by atoms with Gasteiger partial charge in [0.05, 0.1) is 13.2 Å². The van der Waals surface area contributed by atoms with Gasteiger partial charge in [0.15, 0.2) is 0 Å². The summed E-state index contributed by atoms with van der Waals surface area (Å²) in [5.74, 6) is 0.508. The van der Waals surface area contributed by atoms with Crippen LogP contribution in [0.3, 0.4) is 0 Å². The van der Waals surface area contributed by atoms with Crippen molar-refractivity contribution in [3.63, 3.8) is 0 Å². The quantitative estimate of drug-likeness (QED) is 0.669. The van der Waals surface area contributed by atoms with Crippen LogP contribution in [0.4, 0.5) is 0 Å². The summed E-state index contributed by atoms with van der Waals surface area (Å²) in [5.41, 5.74) is 0.398. The minimum Gasteiger partial charge on any atom is -0.378 e. The van der Waals surface area contributed by atoms with E-state index in [2.05, 4.69) is 34.0 Å². The third kappa shape index (κ3) is 7.05. The van der Waals surface area contributed by atoms with Crippen LogP contribution in [0.2, 0.25) is 0 Å². The summed E-state index contributed by atoms with van der Waals surface area (Å²) in [7, 11) is 0. The highest BCUT2D eigenvalue weighted by molar-refractivity contribution is 7.99. The second-order valence-electron chi connectivity index (χ2n) is 7.29. The van der Waals surface area contributed by atoms with Crippen LogP contribution in [-0.2, 0) is 9.53 Å². The lowest BCUT2D eigenvalue weighted by Crippen LogP contribution is -2.45. The summed E-state index contributed by atoms with van der Waals surface area (Å²) in [6.45, 7) is 12.0. The number of hydrogen-bond donors (Lipinski definition) is 0. The summed E-state index contributed by atoms with van der Waals surface area (Å²) < 4.78 is 5.35. The molecule has 0 aromatic heterocycles. The molecule has 0 N–H and O–H groups in total. The minimum atomic E-state index is 0.165. The fraction of sp³-hybridized carbons (Fsp3) is 0.941. The van der Waals surface area contributed by atoms with Crippen LogP contribution < -0.4 is 0 Å². The summed E-state index contributed by atoms with van der Waals surface area (Å²) >= 11 is 1.81. The second-order valence-corrected chi connectivity index (χ2v) is 8.51. The van der Waals surface area contributed by atoms with Crippen molar-refractivity contribution in [3.05, 3.63) is 0 Å². The second kappa shape index (κ2) is 9.04. The van der Waals surface area contributed by atoms with Crippen LogP contribution in [0.15, 0.2) is 0 Å². The molecule has 1 aliphatic heterocycles. The molecule has 0 aromatic rings. The van der Waals surface area contributed by atoms with Crippen molar-refractivity contribution >= 4 is 17.7 Å². The van der Waals surface area contributed by atoms with Crippen molar-refractivity contribution in [1.82, 2.24) is 4.90 Å². The van der Waals surface area contributed by atoms with Crippen LogP contribution in [-0.4, -0.2) is 48.6 Å². The average Bonchev–Trinajstić information content (AvgIpc) is 2.46. The Morgan fingerprint density at radius 1 is 1.24 bits per heavy atom. The minimum absolute atomic E-state index is 0.165. The fourth-order valence-electron chi connectivity index (χ4n) is 2.76. The lowest BCUT2D eigenvalue weighted by molar-refractivity contribution is -0.139. The molecule has 0 spiro atoms. The van der Waals surface area contributed by atoms with Gasteiger partial charge in [-0.3, -0.25) is 4.79 Å². The number of nitrogens with zero attached hydrogens (tertiary/aromatic N) is 1. The molecule has 1 rings (SSSR count). The van der Waals surface area contributed by atoms with E-state index in [1.165, 1.54) is 12.8 Å². The fourth-order valence-corrected chi connectivity index (χ4v) is 3.34. The zero-order chi connectivity index (χ0) is 15.9. The molecular formula is C17H33NO2S. The Kier molecular flexibility index (Phi) is 8.10. The molecule has 1 saturated heterocycles. The number of carbonyl (C=O) groups is 1. The van der Waals surface area contributed by atoms with Gasteiger partial charge in [-0.2, -0.15) is 11.8 Å². The van der Waals surface area contributed by atoms with E-state index in [0.717, 1.165) is 25.9 Å². The lowest BCUT2D eigenvalue weighted by atomic mass is 9.88. The molecule has 2 atom stereocenters. The van der Waals surface area contributed by atoms with Gasteiger partial charge in [0, 0.05) is 24.3 Å². The highest BCUT2D eigenvalue weighted by Crippen LogP contribution is 2.27. The molecule has 0 saturated carbocycles. The number of hydrogen-bond acceptors (Lipinski definition) is 3. The highest BCUT2D eigenvalue weighted by atomic mass is 32.2. The normalized spacial score (nSPS) is 19.4. The first kappa shape index (κ1) is 18.8. The Hall–Kier alpha value is -0.220. The molecular weight excluding hydrogens is 282 g/mol. The van der Waals surface area contributed by atoms with Crippen molar-refractivity contribution in [2.45, 2.75) is 58.6 Å². The maximum Gasteiger partial charge on any atom is 0.226 e. The Morgan fingerprint density at radius 2 is 1.86 bits per heavy atom. The molecule has 21 heavy (non-hydrogen) atoms. The lowest BCUT2D eigenvalue weighted by Gasteiger charge is -2.32.